The maximum Gasteiger partial charge on any atom is 0.195 e. The van der Waals surface area contributed by atoms with Crippen molar-refractivity contribution in [1.29, 1.82) is 0 Å². The Hall–Kier alpha value is -3.26. The minimum absolute atomic E-state index is 0.370. The first-order valence-electron chi connectivity index (χ1n) is 9.92. The Labute approximate surface area is 186 Å². The maximum absolute atomic E-state index is 6.10. The second kappa shape index (κ2) is 8.85. The summed E-state index contributed by atoms with van der Waals surface area (Å²) in [5.74, 6) is 2.56. The molecule has 4 rings (SSSR count). The number of ether oxygens (including phenoxy) is 2. The van der Waals surface area contributed by atoms with Gasteiger partial charge in [0.2, 0.25) is 0 Å². The number of methoxy groups -OCH3 is 2. The molecule has 2 aliphatic rings. The number of anilines is 1. The third kappa shape index (κ3) is 4.59. The number of nitrogens with two attached hydrogens (primary N) is 1. The fourth-order valence-corrected chi connectivity index (χ4v) is 4.46. The number of nitrogens with zero attached hydrogens (tertiary/aromatic N) is 4. The first kappa shape index (κ1) is 21.0. The number of rotatable bonds is 7. The summed E-state index contributed by atoms with van der Waals surface area (Å²) >= 11 is 1.41. The van der Waals surface area contributed by atoms with Gasteiger partial charge in [0.25, 0.3) is 0 Å². The summed E-state index contributed by atoms with van der Waals surface area (Å²) in [4.78, 5) is 14.6. The molecule has 2 aliphatic heterocycles. The molecular formula is C23H25N5O2S. The molecule has 0 fully saturated rings. The minimum Gasteiger partial charge on any atom is -0.497 e. The number of aromatic nitrogens is 4. The molecule has 0 spiro atoms. The molecule has 0 aromatic heterocycles. The van der Waals surface area contributed by atoms with E-state index in [4.69, 9.17) is 20.2 Å². The van der Waals surface area contributed by atoms with Gasteiger partial charge in [-0.2, -0.15) is 0 Å². The molecule has 31 heavy (non-hydrogen) atoms. The van der Waals surface area contributed by atoms with Crippen molar-refractivity contribution >= 4 is 17.6 Å². The van der Waals surface area contributed by atoms with Gasteiger partial charge < -0.3 is 19.8 Å². The lowest BCUT2D eigenvalue weighted by molar-refractivity contribution is 0.394. The molecule has 0 bridgehead atoms. The molecule has 2 aromatic carbocycles. The van der Waals surface area contributed by atoms with Crippen molar-refractivity contribution in [3.8, 4) is 23.0 Å². The molecule has 0 aliphatic carbocycles. The van der Waals surface area contributed by atoms with Gasteiger partial charge in [0, 0.05) is 6.54 Å². The third-order valence-electron chi connectivity index (χ3n) is 4.97. The Kier molecular flexibility index (Phi) is 5.99. The fraction of sp³-hybridized carbons (Fsp3) is 0.261. The van der Waals surface area contributed by atoms with Crippen molar-refractivity contribution in [2.75, 3.05) is 20.0 Å². The topological polar surface area (TPSA) is 88.1 Å². The summed E-state index contributed by atoms with van der Waals surface area (Å²) in [6, 6.07) is 12.2. The van der Waals surface area contributed by atoms with E-state index in [-0.39, 0.29) is 0 Å². The van der Waals surface area contributed by atoms with Crippen LogP contribution in [-0.4, -0.2) is 33.7 Å². The average molecular weight is 436 g/mol. The largest absolute Gasteiger partial charge is 0.497 e. The highest BCUT2D eigenvalue weighted by molar-refractivity contribution is 7.99. The highest BCUT2D eigenvalue weighted by atomic mass is 32.2. The smallest absolute Gasteiger partial charge is 0.195 e. The lowest BCUT2D eigenvalue weighted by atomic mass is 10.1. The molecule has 7 nitrogen and oxygen atoms in total. The van der Waals surface area contributed by atoms with Crippen molar-refractivity contribution < 1.29 is 9.47 Å². The van der Waals surface area contributed by atoms with Gasteiger partial charge in [-0.05, 0) is 55.8 Å². The predicted molar refractivity (Wildman–Crippen MR) is 122 cm³/mol. The lowest BCUT2D eigenvalue weighted by Crippen LogP contribution is -2.10. The van der Waals surface area contributed by atoms with Crippen LogP contribution < -0.4 is 15.2 Å². The van der Waals surface area contributed by atoms with Crippen molar-refractivity contribution in [1.82, 2.24) is 19.5 Å². The second-order valence-electron chi connectivity index (χ2n) is 7.37. The Morgan fingerprint density at radius 1 is 1.00 bits per heavy atom. The van der Waals surface area contributed by atoms with Gasteiger partial charge in [-0.15, -0.1) is 0 Å². The van der Waals surface area contributed by atoms with E-state index >= 15 is 0 Å². The molecule has 0 unspecified atom stereocenters. The van der Waals surface area contributed by atoms with Crippen LogP contribution in [0.15, 0.2) is 52.8 Å². The van der Waals surface area contributed by atoms with E-state index in [0.717, 1.165) is 35.2 Å². The Balaban J connectivity index is 1.63. The highest BCUT2D eigenvalue weighted by Crippen LogP contribution is 2.38. The number of aryl methyl sites for hydroxylation is 4. The zero-order valence-electron chi connectivity index (χ0n) is 18.0. The van der Waals surface area contributed by atoms with E-state index in [9.17, 15) is 0 Å². The third-order valence-corrected chi connectivity index (χ3v) is 5.87. The number of imidazole rings is 1. The first-order valence-corrected chi connectivity index (χ1v) is 10.7. The van der Waals surface area contributed by atoms with Crippen LogP contribution >= 0.6 is 11.8 Å². The maximum atomic E-state index is 6.10. The number of fused-ring (bicyclic) bond motifs is 1. The molecule has 0 atom stereocenters. The van der Waals surface area contributed by atoms with Crippen LogP contribution in [0.2, 0.25) is 0 Å². The summed E-state index contributed by atoms with van der Waals surface area (Å²) in [5.41, 5.74) is 10.5. The van der Waals surface area contributed by atoms with Crippen LogP contribution in [0, 0.1) is 13.8 Å². The van der Waals surface area contributed by atoms with Crippen LogP contribution in [0.5, 0.6) is 11.5 Å². The van der Waals surface area contributed by atoms with Gasteiger partial charge in [-0.25, -0.2) is 15.0 Å². The molecule has 2 N–H and O–H groups in total. The molecule has 160 valence electrons. The van der Waals surface area contributed by atoms with Gasteiger partial charge in [0.15, 0.2) is 22.5 Å². The number of benzene rings is 2. The van der Waals surface area contributed by atoms with Crippen LogP contribution in [0.4, 0.5) is 5.82 Å². The van der Waals surface area contributed by atoms with Crippen LogP contribution in [0.3, 0.4) is 0 Å². The zero-order chi connectivity index (χ0) is 22.0. The lowest BCUT2D eigenvalue weighted by Gasteiger charge is -2.12. The normalized spacial score (nSPS) is 11.1. The Morgan fingerprint density at radius 3 is 2.48 bits per heavy atom. The van der Waals surface area contributed by atoms with E-state index in [1.54, 1.807) is 20.5 Å². The minimum atomic E-state index is 0.370. The van der Waals surface area contributed by atoms with Crippen molar-refractivity contribution in [2.24, 2.45) is 0 Å². The molecule has 0 amide bonds. The standard InChI is InChI=1S/C23H25N5O2S/c1-14-9-15(2)11-16(10-14)7-8-28-13-25-21(24)20-22(28)27-23(26-20)31-19-12-17(29-3)5-6-18(19)30-4/h5-6,9-13H,7-8,24H2,1-4H3. The van der Waals surface area contributed by atoms with Gasteiger partial charge in [0.05, 0.1) is 25.4 Å². The SMILES string of the molecule is COc1ccc(OC)c(Sc2nc3c(N)ncn(CCc4cc(C)cc(C)c4)c-3n2)c1. The van der Waals surface area contributed by atoms with Crippen molar-refractivity contribution in [3.05, 3.63) is 59.4 Å². The van der Waals surface area contributed by atoms with Crippen molar-refractivity contribution in [2.45, 2.75) is 36.9 Å². The quantitative estimate of drug-likeness (QED) is 0.461. The molecule has 0 saturated carbocycles. The summed E-state index contributed by atoms with van der Waals surface area (Å²) in [6.45, 7) is 4.97. The summed E-state index contributed by atoms with van der Waals surface area (Å²) < 4.78 is 12.8. The Bertz CT molecular complexity index is 1170. The highest BCUT2D eigenvalue weighted by Gasteiger charge is 2.20. The molecule has 2 aromatic rings. The number of hydrogen-bond acceptors (Lipinski definition) is 7. The second-order valence-corrected chi connectivity index (χ2v) is 8.38. The van der Waals surface area contributed by atoms with E-state index in [0.29, 0.717) is 16.7 Å². The molecule has 0 saturated heterocycles. The van der Waals surface area contributed by atoms with E-state index in [1.807, 2.05) is 22.8 Å². The van der Waals surface area contributed by atoms with Crippen LogP contribution in [0.1, 0.15) is 16.7 Å². The summed E-state index contributed by atoms with van der Waals surface area (Å²) in [5, 5.41) is 0.585. The van der Waals surface area contributed by atoms with Gasteiger partial charge in [0.1, 0.15) is 11.5 Å². The summed E-state index contributed by atoms with van der Waals surface area (Å²) in [6.07, 6.45) is 2.60. The molecular weight excluding hydrogens is 410 g/mol. The van der Waals surface area contributed by atoms with E-state index < -0.39 is 0 Å². The van der Waals surface area contributed by atoms with Gasteiger partial charge >= 0.3 is 0 Å². The van der Waals surface area contributed by atoms with Crippen LogP contribution in [0.25, 0.3) is 11.5 Å². The monoisotopic (exact) mass is 435 g/mol. The average Bonchev–Trinajstić information content (AvgIpc) is 3.17. The summed E-state index contributed by atoms with van der Waals surface area (Å²) in [7, 11) is 3.27. The fourth-order valence-electron chi connectivity index (χ4n) is 3.57. The van der Waals surface area contributed by atoms with Gasteiger partial charge in [-0.3, -0.25) is 0 Å². The molecule has 8 heteroatoms. The Morgan fingerprint density at radius 2 is 1.77 bits per heavy atom. The predicted octanol–water partition coefficient (Wildman–Crippen LogP) is 4.39. The molecule has 0 radical (unpaired) electrons. The number of hydrogen-bond donors (Lipinski definition) is 1. The van der Waals surface area contributed by atoms with Crippen LogP contribution in [-0.2, 0) is 13.0 Å². The van der Waals surface area contributed by atoms with Gasteiger partial charge in [-0.1, -0.05) is 29.3 Å². The van der Waals surface area contributed by atoms with E-state index in [1.165, 1.54) is 28.5 Å². The number of nitrogen functional groups attached to an aromatic ring is 1. The van der Waals surface area contributed by atoms with E-state index in [2.05, 4.69) is 42.0 Å². The zero-order valence-corrected chi connectivity index (χ0v) is 18.9. The first-order chi connectivity index (χ1) is 15.0. The van der Waals surface area contributed by atoms with Crippen molar-refractivity contribution in [3.63, 3.8) is 0 Å². The molecule has 2 heterocycles.